The van der Waals surface area contributed by atoms with E-state index in [2.05, 4.69) is 5.32 Å². The summed E-state index contributed by atoms with van der Waals surface area (Å²) in [6.45, 7) is 4.90. The summed E-state index contributed by atoms with van der Waals surface area (Å²) in [5.74, 6) is -0.974. The number of anilines is 1. The Morgan fingerprint density at radius 3 is 2.09 bits per heavy atom. The van der Waals surface area contributed by atoms with Crippen molar-refractivity contribution in [1.82, 2.24) is 10.2 Å². The first-order chi connectivity index (χ1) is 21.9. The van der Waals surface area contributed by atoms with Crippen molar-refractivity contribution in [3.63, 3.8) is 0 Å². The Labute approximate surface area is 286 Å². The number of carbonyl (C=O) groups is 2. The summed E-state index contributed by atoms with van der Waals surface area (Å²) in [5.41, 5.74) is 2.22. The summed E-state index contributed by atoms with van der Waals surface area (Å²) in [5, 5.41) is 4.05. The van der Waals surface area contributed by atoms with Gasteiger partial charge in [-0.3, -0.25) is 13.9 Å². The number of carbonyl (C=O) groups excluding carboxylic acids is 2. The molecule has 0 radical (unpaired) electrons. The lowest BCUT2D eigenvalue weighted by molar-refractivity contribution is -0.140. The third-order valence-electron chi connectivity index (χ3n) is 7.68. The molecule has 0 aliphatic rings. The fourth-order valence-corrected chi connectivity index (χ4v) is 7.04. The molecule has 2 atom stereocenters. The molecule has 0 fully saturated rings. The molecule has 7 nitrogen and oxygen atoms in total. The highest BCUT2D eigenvalue weighted by Crippen LogP contribution is 2.31. The minimum absolute atomic E-state index is 0.00446. The number of amides is 2. The van der Waals surface area contributed by atoms with Crippen LogP contribution in [-0.2, 0) is 32.6 Å². The normalized spacial score (nSPS) is 12.7. The molecule has 0 aliphatic carbocycles. The van der Waals surface area contributed by atoms with Crippen LogP contribution in [0.15, 0.2) is 102 Å². The second-order valence-electron chi connectivity index (χ2n) is 11.0. The number of rotatable bonds is 13. The molecule has 4 aromatic carbocycles. The average Bonchev–Trinajstić information content (AvgIpc) is 3.04. The molecule has 1 N–H and O–H groups in total. The molecular formula is C35H36Cl3N3O4S. The molecule has 2 amide bonds. The van der Waals surface area contributed by atoms with E-state index in [0.29, 0.717) is 32.6 Å². The first-order valence-corrected chi connectivity index (χ1v) is 17.4. The molecule has 0 saturated heterocycles. The van der Waals surface area contributed by atoms with Crippen LogP contribution < -0.4 is 9.62 Å². The number of sulfonamides is 1. The molecule has 242 valence electrons. The maximum absolute atomic E-state index is 14.6. The van der Waals surface area contributed by atoms with Crippen LogP contribution in [0, 0.1) is 6.92 Å². The molecule has 0 spiro atoms. The number of benzene rings is 4. The topological polar surface area (TPSA) is 86.8 Å². The van der Waals surface area contributed by atoms with E-state index < -0.39 is 28.5 Å². The summed E-state index contributed by atoms with van der Waals surface area (Å²) in [6.07, 6.45) is 0.861. The van der Waals surface area contributed by atoms with Crippen molar-refractivity contribution >= 4 is 62.3 Å². The first kappa shape index (κ1) is 35.3. The number of nitrogens with zero attached hydrogens (tertiary/aromatic N) is 2. The summed E-state index contributed by atoms with van der Waals surface area (Å²) >= 11 is 19.1. The molecular weight excluding hydrogens is 665 g/mol. The van der Waals surface area contributed by atoms with Gasteiger partial charge < -0.3 is 10.2 Å². The highest BCUT2D eigenvalue weighted by atomic mass is 35.5. The van der Waals surface area contributed by atoms with Gasteiger partial charge in [0, 0.05) is 34.1 Å². The highest BCUT2D eigenvalue weighted by molar-refractivity contribution is 7.92. The van der Waals surface area contributed by atoms with Crippen LogP contribution in [0.1, 0.15) is 37.0 Å². The SMILES string of the molecule is CC[C@@H](C)NC(=O)[C@H](Cc1ccccc1)N(Cc1ccc(Cl)cc1Cl)C(=O)CN(c1cc(Cl)ccc1C)S(=O)(=O)c1ccccc1. The molecule has 4 aromatic rings. The van der Waals surface area contributed by atoms with E-state index in [4.69, 9.17) is 34.8 Å². The predicted octanol–water partition coefficient (Wildman–Crippen LogP) is 7.71. The Balaban J connectivity index is 1.85. The molecule has 0 bridgehead atoms. The van der Waals surface area contributed by atoms with Gasteiger partial charge in [-0.25, -0.2) is 8.42 Å². The Kier molecular flexibility index (Phi) is 12.1. The molecule has 0 unspecified atom stereocenters. The largest absolute Gasteiger partial charge is 0.352 e. The number of hydrogen-bond acceptors (Lipinski definition) is 4. The minimum Gasteiger partial charge on any atom is -0.352 e. The lowest BCUT2D eigenvalue weighted by Gasteiger charge is -2.34. The maximum atomic E-state index is 14.6. The van der Waals surface area contributed by atoms with Crippen LogP contribution in [0.2, 0.25) is 15.1 Å². The molecule has 0 aliphatic heterocycles. The van der Waals surface area contributed by atoms with Crippen LogP contribution in [-0.4, -0.2) is 43.8 Å². The zero-order valence-corrected chi connectivity index (χ0v) is 28.9. The Hall–Kier alpha value is -3.56. The van der Waals surface area contributed by atoms with Gasteiger partial charge in [-0.1, -0.05) is 102 Å². The van der Waals surface area contributed by atoms with E-state index in [0.717, 1.165) is 9.87 Å². The Morgan fingerprint density at radius 2 is 1.46 bits per heavy atom. The molecule has 4 rings (SSSR count). The lowest BCUT2D eigenvalue weighted by Crippen LogP contribution is -2.54. The number of aryl methyl sites for hydroxylation is 1. The number of nitrogens with one attached hydrogen (secondary N) is 1. The van der Waals surface area contributed by atoms with Crippen molar-refractivity contribution in [2.75, 3.05) is 10.8 Å². The molecule has 46 heavy (non-hydrogen) atoms. The van der Waals surface area contributed by atoms with Crippen molar-refractivity contribution < 1.29 is 18.0 Å². The van der Waals surface area contributed by atoms with Crippen molar-refractivity contribution in [2.24, 2.45) is 0 Å². The first-order valence-electron chi connectivity index (χ1n) is 14.8. The predicted molar refractivity (Wildman–Crippen MR) is 186 cm³/mol. The van der Waals surface area contributed by atoms with Gasteiger partial charge in [-0.15, -0.1) is 0 Å². The van der Waals surface area contributed by atoms with Crippen LogP contribution in [0.5, 0.6) is 0 Å². The molecule has 11 heteroatoms. The van der Waals surface area contributed by atoms with Crippen LogP contribution in [0.25, 0.3) is 0 Å². The van der Waals surface area contributed by atoms with E-state index in [1.165, 1.54) is 23.1 Å². The van der Waals surface area contributed by atoms with Crippen LogP contribution >= 0.6 is 34.8 Å². The van der Waals surface area contributed by atoms with Gasteiger partial charge in [0.15, 0.2) is 0 Å². The zero-order valence-electron chi connectivity index (χ0n) is 25.8. The monoisotopic (exact) mass is 699 g/mol. The van der Waals surface area contributed by atoms with E-state index in [1.54, 1.807) is 55.5 Å². The van der Waals surface area contributed by atoms with Crippen LogP contribution in [0.3, 0.4) is 0 Å². The fraction of sp³-hybridized carbons (Fsp3) is 0.257. The van der Waals surface area contributed by atoms with E-state index in [9.17, 15) is 18.0 Å². The summed E-state index contributed by atoms with van der Waals surface area (Å²) < 4.78 is 29.4. The highest BCUT2D eigenvalue weighted by Gasteiger charge is 2.35. The fourth-order valence-electron chi connectivity index (χ4n) is 4.91. The van der Waals surface area contributed by atoms with Gasteiger partial charge >= 0.3 is 0 Å². The van der Waals surface area contributed by atoms with E-state index in [-0.39, 0.29) is 35.5 Å². The third-order valence-corrected chi connectivity index (χ3v) is 10.3. The van der Waals surface area contributed by atoms with E-state index >= 15 is 0 Å². The molecule has 0 saturated carbocycles. The van der Waals surface area contributed by atoms with Gasteiger partial charge in [0.05, 0.1) is 10.6 Å². The standard InChI is InChI=1S/C35H36Cl3N3O4S/c1-4-25(3)39-35(43)33(19-26-11-7-5-8-12-26)40(22-27-16-18-28(36)20-31(27)38)34(42)23-41(32-21-29(37)17-15-24(32)2)46(44,45)30-13-9-6-10-14-30/h5-18,20-21,25,33H,4,19,22-23H2,1-3H3,(H,39,43)/t25-,33+/m1/s1. The quantitative estimate of drug-likeness (QED) is 0.155. The minimum atomic E-state index is -4.25. The van der Waals surface area contributed by atoms with Gasteiger partial charge in [0.1, 0.15) is 12.6 Å². The van der Waals surface area contributed by atoms with Crippen molar-refractivity contribution in [3.05, 3.63) is 129 Å². The van der Waals surface area contributed by atoms with Gasteiger partial charge in [0.25, 0.3) is 10.0 Å². The second kappa shape index (κ2) is 15.8. The third kappa shape index (κ3) is 8.82. The zero-order chi connectivity index (χ0) is 33.4. The summed E-state index contributed by atoms with van der Waals surface area (Å²) in [6, 6.07) is 25.8. The number of halogens is 3. The van der Waals surface area contributed by atoms with Gasteiger partial charge in [-0.2, -0.15) is 0 Å². The molecule has 0 heterocycles. The summed E-state index contributed by atoms with van der Waals surface area (Å²) in [4.78, 5) is 30.0. The van der Waals surface area contributed by atoms with Gasteiger partial charge in [-0.05, 0) is 73.4 Å². The average molecular weight is 701 g/mol. The maximum Gasteiger partial charge on any atom is 0.264 e. The second-order valence-corrected chi connectivity index (χ2v) is 14.2. The van der Waals surface area contributed by atoms with Crippen molar-refractivity contribution in [3.8, 4) is 0 Å². The molecule has 0 aromatic heterocycles. The lowest BCUT2D eigenvalue weighted by atomic mass is 10.0. The Morgan fingerprint density at radius 1 is 0.848 bits per heavy atom. The van der Waals surface area contributed by atoms with Gasteiger partial charge in [0.2, 0.25) is 11.8 Å². The summed E-state index contributed by atoms with van der Waals surface area (Å²) in [7, 11) is -4.25. The smallest absolute Gasteiger partial charge is 0.264 e. The Bertz CT molecular complexity index is 1770. The van der Waals surface area contributed by atoms with E-state index in [1.807, 2.05) is 44.2 Å². The number of hydrogen-bond donors (Lipinski definition) is 1. The van der Waals surface area contributed by atoms with Crippen molar-refractivity contribution in [2.45, 2.75) is 57.1 Å². The van der Waals surface area contributed by atoms with Crippen molar-refractivity contribution in [1.29, 1.82) is 0 Å². The van der Waals surface area contributed by atoms with Crippen LogP contribution in [0.4, 0.5) is 5.69 Å².